The van der Waals surface area contributed by atoms with E-state index >= 15 is 0 Å². The molecule has 2 N–H and O–H groups in total. The van der Waals surface area contributed by atoms with E-state index in [1.165, 1.54) is 12.8 Å². The highest BCUT2D eigenvalue weighted by Crippen LogP contribution is 2.35. The van der Waals surface area contributed by atoms with Gasteiger partial charge in [-0.25, -0.2) is 0 Å². The number of rotatable bonds is 6. The van der Waals surface area contributed by atoms with E-state index in [0.29, 0.717) is 26.3 Å². The van der Waals surface area contributed by atoms with Crippen LogP contribution in [0.2, 0.25) is 0 Å². The molecule has 1 aliphatic rings. The van der Waals surface area contributed by atoms with Crippen molar-refractivity contribution < 1.29 is 9.53 Å². The summed E-state index contributed by atoms with van der Waals surface area (Å²) in [5, 5.41) is 0. The fourth-order valence-electron chi connectivity index (χ4n) is 2.76. The van der Waals surface area contributed by atoms with Gasteiger partial charge in [0.15, 0.2) is 0 Å². The van der Waals surface area contributed by atoms with Crippen LogP contribution in [0, 0.1) is 5.41 Å². The van der Waals surface area contributed by atoms with Crippen molar-refractivity contribution >= 4 is 5.91 Å². The molecule has 0 aliphatic heterocycles. The number of carbonyl (C=O) groups is 1. The zero-order valence-corrected chi connectivity index (χ0v) is 11.9. The number of likely N-dealkylation sites (N-methyl/N-ethyl adjacent to an activating group) is 1. The standard InChI is InChI=1S/C14H28N2O2/c1-3-18-11-10-16(2)13(17)14(12-15)8-6-4-5-7-9-14/h3-12,15H2,1-2H3. The molecule has 18 heavy (non-hydrogen) atoms. The number of amides is 1. The highest BCUT2D eigenvalue weighted by molar-refractivity contribution is 5.82. The van der Waals surface area contributed by atoms with Gasteiger partial charge in [0.2, 0.25) is 5.91 Å². The van der Waals surface area contributed by atoms with E-state index in [9.17, 15) is 4.79 Å². The Hall–Kier alpha value is -0.610. The van der Waals surface area contributed by atoms with Gasteiger partial charge in [-0.1, -0.05) is 25.7 Å². The summed E-state index contributed by atoms with van der Waals surface area (Å²) < 4.78 is 5.31. The topological polar surface area (TPSA) is 55.6 Å². The molecular formula is C14H28N2O2. The van der Waals surface area contributed by atoms with E-state index in [1.54, 1.807) is 4.90 Å². The average molecular weight is 256 g/mol. The number of ether oxygens (including phenoxy) is 1. The monoisotopic (exact) mass is 256 g/mol. The first-order valence-corrected chi connectivity index (χ1v) is 7.19. The van der Waals surface area contributed by atoms with Crippen molar-refractivity contribution in [1.29, 1.82) is 0 Å². The smallest absolute Gasteiger partial charge is 0.229 e. The Labute approximate surface area is 111 Å². The van der Waals surface area contributed by atoms with E-state index in [1.807, 2.05) is 14.0 Å². The number of nitrogens with two attached hydrogens (primary N) is 1. The van der Waals surface area contributed by atoms with Crippen molar-refractivity contribution in [3.63, 3.8) is 0 Å². The SMILES string of the molecule is CCOCCN(C)C(=O)C1(CN)CCCCCC1. The van der Waals surface area contributed by atoms with Crippen LogP contribution in [0.25, 0.3) is 0 Å². The number of nitrogens with zero attached hydrogens (tertiary/aromatic N) is 1. The second-order valence-corrected chi connectivity index (χ2v) is 5.32. The largest absolute Gasteiger partial charge is 0.380 e. The second-order valence-electron chi connectivity index (χ2n) is 5.32. The van der Waals surface area contributed by atoms with Crippen LogP contribution in [0.5, 0.6) is 0 Å². The lowest BCUT2D eigenvalue weighted by Gasteiger charge is -2.34. The molecule has 0 radical (unpaired) electrons. The molecule has 4 nitrogen and oxygen atoms in total. The zero-order chi connectivity index (χ0) is 13.4. The van der Waals surface area contributed by atoms with Gasteiger partial charge in [0.1, 0.15) is 0 Å². The first kappa shape index (κ1) is 15.4. The Balaban J connectivity index is 2.58. The molecule has 0 heterocycles. The van der Waals surface area contributed by atoms with Crippen LogP contribution < -0.4 is 5.73 Å². The van der Waals surface area contributed by atoms with Crippen molar-refractivity contribution in [2.24, 2.45) is 11.1 Å². The van der Waals surface area contributed by atoms with E-state index in [2.05, 4.69) is 0 Å². The molecule has 0 saturated heterocycles. The minimum Gasteiger partial charge on any atom is -0.380 e. The predicted molar refractivity (Wildman–Crippen MR) is 73.3 cm³/mol. The third-order valence-corrected chi connectivity index (χ3v) is 4.03. The van der Waals surface area contributed by atoms with Crippen LogP contribution in [-0.2, 0) is 9.53 Å². The molecule has 1 fully saturated rings. The Morgan fingerprint density at radius 2 is 1.89 bits per heavy atom. The Morgan fingerprint density at radius 1 is 1.28 bits per heavy atom. The minimum absolute atomic E-state index is 0.214. The predicted octanol–water partition coefficient (Wildman–Crippen LogP) is 1.78. The highest BCUT2D eigenvalue weighted by atomic mass is 16.5. The van der Waals surface area contributed by atoms with E-state index in [-0.39, 0.29) is 11.3 Å². The van der Waals surface area contributed by atoms with Crippen LogP contribution in [0.15, 0.2) is 0 Å². The molecular weight excluding hydrogens is 228 g/mol. The zero-order valence-electron chi connectivity index (χ0n) is 11.9. The van der Waals surface area contributed by atoms with Gasteiger partial charge in [-0.3, -0.25) is 4.79 Å². The maximum absolute atomic E-state index is 12.6. The van der Waals surface area contributed by atoms with Gasteiger partial charge in [0, 0.05) is 26.7 Å². The molecule has 0 spiro atoms. The van der Waals surface area contributed by atoms with Gasteiger partial charge in [0.05, 0.1) is 12.0 Å². The summed E-state index contributed by atoms with van der Waals surface area (Å²) in [6.45, 7) is 4.41. The summed E-state index contributed by atoms with van der Waals surface area (Å²) in [6.07, 6.45) is 6.61. The molecule has 106 valence electrons. The average Bonchev–Trinajstić information content (AvgIpc) is 2.64. The second kappa shape index (κ2) is 7.74. The molecule has 0 atom stereocenters. The van der Waals surface area contributed by atoms with Gasteiger partial charge < -0.3 is 15.4 Å². The van der Waals surface area contributed by atoms with Crippen molar-refractivity contribution in [1.82, 2.24) is 4.90 Å². The van der Waals surface area contributed by atoms with E-state index < -0.39 is 0 Å². The van der Waals surface area contributed by atoms with Crippen LogP contribution in [0.1, 0.15) is 45.4 Å². The van der Waals surface area contributed by atoms with Crippen molar-refractivity contribution in [3.05, 3.63) is 0 Å². The first-order valence-electron chi connectivity index (χ1n) is 7.19. The van der Waals surface area contributed by atoms with Crippen molar-refractivity contribution in [3.8, 4) is 0 Å². The Kier molecular flexibility index (Phi) is 6.65. The van der Waals surface area contributed by atoms with Gasteiger partial charge >= 0.3 is 0 Å². The maximum atomic E-state index is 12.6. The highest BCUT2D eigenvalue weighted by Gasteiger charge is 2.38. The molecule has 0 bridgehead atoms. The summed E-state index contributed by atoms with van der Waals surface area (Å²) in [5.41, 5.74) is 5.61. The third kappa shape index (κ3) is 3.95. The van der Waals surface area contributed by atoms with Gasteiger partial charge in [-0.15, -0.1) is 0 Å². The summed E-state index contributed by atoms with van der Waals surface area (Å²) in [6, 6.07) is 0. The maximum Gasteiger partial charge on any atom is 0.229 e. The lowest BCUT2D eigenvalue weighted by Crippen LogP contribution is -2.47. The number of carbonyl (C=O) groups excluding carboxylic acids is 1. The van der Waals surface area contributed by atoms with Crippen LogP contribution in [0.3, 0.4) is 0 Å². The summed E-state index contributed by atoms with van der Waals surface area (Å²) in [5.74, 6) is 0.214. The Bertz CT molecular complexity index is 248. The molecule has 1 saturated carbocycles. The molecule has 1 amide bonds. The molecule has 0 unspecified atom stereocenters. The van der Waals surface area contributed by atoms with Crippen LogP contribution in [-0.4, -0.2) is 44.2 Å². The van der Waals surface area contributed by atoms with Gasteiger partial charge in [0.25, 0.3) is 0 Å². The lowest BCUT2D eigenvalue weighted by molar-refractivity contribution is -0.141. The summed E-state index contributed by atoms with van der Waals surface area (Å²) in [4.78, 5) is 14.4. The quantitative estimate of drug-likeness (QED) is 0.582. The Morgan fingerprint density at radius 3 is 2.39 bits per heavy atom. The molecule has 0 aromatic heterocycles. The fourth-order valence-corrected chi connectivity index (χ4v) is 2.76. The summed E-state index contributed by atoms with van der Waals surface area (Å²) >= 11 is 0. The molecule has 1 rings (SSSR count). The molecule has 0 aromatic rings. The third-order valence-electron chi connectivity index (χ3n) is 4.03. The van der Waals surface area contributed by atoms with Gasteiger partial charge in [-0.2, -0.15) is 0 Å². The van der Waals surface area contributed by atoms with Crippen molar-refractivity contribution in [2.45, 2.75) is 45.4 Å². The number of hydrogen-bond acceptors (Lipinski definition) is 3. The van der Waals surface area contributed by atoms with E-state index in [4.69, 9.17) is 10.5 Å². The van der Waals surface area contributed by atoms with E-state index in [0.717, 1.165) is 25.7 Å². The van der Waals surface area contributed by atoms with Crippen molar-refractivity contribution in [2.75, 3.05) is 33.4 Å². The summed E-state index contributed by atoms with van der Waals surface area (Å²) in [7, 11) is 1.86. The van der Waals surface area contributed by atoms with Gasteiger partial charge in [-0.05, 0) is 19.8 Å². The lowest BCUT2D eigenvalue weighted by atomic mass is 9.79. The molecule has 0 aromatic carbocycles. The molecule has 1 aliphatic carbocycles. The van der Waals surface area contributed by atoms with Crippen LogP contribution >= 0.6 is 0 Å². The fraction of sp³-hybridized carbons (Fsp3) is 0.929. The first-order chi connectivity index (χ1) is 8.66. The molecule has 4 heteroatoms. The van der Waals surface area contributed by atoms with Crippen LogP contribution in [0.4, 0.5) is 0 Å². The minimum atomic E-state index is -0.308. The normalized spacial score (nSPS) is 19.3. The number of hydrogen-bond donors (Lipinski definition) is 1.